The van der Waals surface area contributed by atoms with Crippen LogP contribution in [-0.4, -0.2) is 28.8 Å². The minimum absolute atomic E-state index is 0.00926. The van der Waals surface area contributed by atoms with Crippen molar-refractivity contribution in [3.05, 3.63) is 0 Å². The lowest BCUT2D eigenvalue weighted by molar-refractivity contribution is -0.120. The van der Waals surface area contributed by atoms with E-state index >= 15 is 0 Å². The highest BCUT2D eigenvalue weighted by atomic mass is 16.3. The first-order chi connectivity index (χ1) is 5.82. The summed E-state index contributed by atoms with van der Waals surface area (Å²) in [6, 6.07) is 0. The van der Waals surface area contributed by atoms with Gasteiger partial charge in [-0.25, -0.2) is 0 Å². The van der Waals surface area contributed by atoms with Crippen LogP contribution in [0, 0.1) is 11.8 Å². The third kappa shape index (κ3) is 11.4. The van der Waals surface area contributed by atoms with Gasteiger partial charge in [0.1, 0.15) is 0 Å². The molecule has 0 aromatic rings. The number of aliphatic hydroxyl groups is 2. The van der Waals surface area contributed by atoms with Crippen molar-refractivity contribution >= 4 is 5.91 Å². The highest BCUT2D eigenvalue weighted by molar-refractivity contribution is 5.75. The van der Waals surface area contributed by atoms with Crippen molar-refractivity contribution in [1.29, 1.82) is 0 Å². The third-order valence-electron chi connectivity index (χ3n) is 1.53. The third-order valence-corrected chi connectivity index (χ3v) is 1.53. The molecule has 0 aliphatic carbocycles. The van der Waals surface area contributed by atoms with Gasteiger partial charge < -0.3 is 15.9 Å². The van der Waals surface area contributed by atoms with Gasteiger partial charge in [0.15, 0.2) is 0 Å². The van der Waals surface area contributed by atoms with E-state index in [1.807, 2.05) is 13.8 Å². The van der Waals surface area contributed by atoms with Crippen LogP contribution >= 0.6 is 0 Å². The first-order valence-electron chi connectivity index (χ1n) is 4.41. The van der Waals surface area contributed by atoms with E-state index in [0.717, 1.165) is 0 Å². The van der Waals surface area contributed by atoms with Crippen molar-refractivity contribution in [1.82, 2.24) is 0 Å². The summed E-state index contributed by atoms with van der Waals surface area (Å²) in [5, 5.41) is 16.9. The van der Waals surface area contributed by atoms with Gasteiger partial charge in [0.2, 0.25) is 5.91 Å². The second kappa shape index (κ2) is 8.01. The molecular weight excluding hydrogens is 170 g/mol. The van der Waals surface area contributed by atoms with Crippen LogP contribution in [0.4, 0.5) is 0 Å². The van der Waals surface area contributed by atoms with Gasteiger partial charge in [-0.1, -0.05) is 27.7 Å². The Hall–Kier alpha value is -0.610. The SMILES string of the molecule is CC(C)C(N)=O.CC(C)C(O)CO. The van der Waals surface area contributed by atoms with Crippen LogP contribution in [0.25, 0.3) is 0 Å². The van der Waals surface area contributed by atoms with Crippen molar-refractivity contribution in [3.63, 3.8) is 0 Å². The molecule has 4 heteroatoms. The van der Waals surface area contributed by atoms with E-state index in [4.69, 9.17) is 15.9 Å². The van der Waals surface area contributed by atoms with Gasteiger partial charge in [-0.3, -0.25) is 4.79 Å². The maximum absolute atomic E-state index is 9.92. The second-order valence-corrected chi connectivity index (χ2v) is 3.55. The number of hydrogen-bond donors (Lipinski definition) is 3. The molecule has 0 rings (SSSR count). The fourth-order valence-corrected chi connectivity index (χ4v) is 0.211. The summed E-state index contributed by atoms with van der Waals surface area (Å²) in [5.74, 6) is -0.0787. The van der Waals surface area contributed by atoms with Gasteiger partial charge in [0.25, 0.3) is 0 Å². The molecule has 1 unspecified atom stereocenters. The van der Waals surface area contributed by atoms with Gasteiger partial charge in [-0.15, -0.1) is 0 Å². The zero-order chi connectivity index (χ0) is 11.0. The number of hydrogen-bond acceptors (Lipinski definition) is 3. The Morgan fingerprint density at radius 2 is 1.62 bits per heavy atom. The lowest BCUT2D eigenvalue weighted by Crippen LogP contribution is -2.18. The van der Waals surface area contributed by atoms with E-state index in [1.54, 1.807) is 13.8 Å². The van der Waals surface area contributed by atoms with Crippen molar-refractivity contribution in [2.45, 2.75) is 33.8 Å². The summed E-state index contributed by atoms with van der Waals surface area (Å²) < 4.78 is 0. The summed E-state index contributed by atoms with van der Waals surface area (Å²) in [6.07, 6.45) is -0.542. The van der Waals surface area contributed by atoms with E-state index in [1.165, 1.54) is 0 Å². The molecule has 13 heavy (non-hydrogen) atoms. The molecule has 0 aliphatic rings. The number of nitrogens with two attached hydrogens (primary N) is 1. The zero-order valence-electron chi connectivity index (χ0n) is 8.82. The summed E-state index contributed by atoms with van der Waals surface area (Å²) in [7, 11) is 0. The lowest BCUT2D eigenvalue weighted by Gasteiger charge is -2.08. The zero-order valence-corrected chi connectivity index (χ0v) is 8.82. The molecule has 0 saturated heterocycles. The quantitative estimate of drug-likeness (QED) is 0.592. The topological polar surface area (TPSA) is 83.6 Å². The summed E-state index contributed by atoms with van der Waals surface area (Å²) in [4.78, 5) is 9.92. The summed E-state index contributed by atoms with van der Waals surface area (Å²) in [5.41, 5.74) is 4.80. The molecule has 0 heterocycles. The Bertz CT molecular complexity index is 135. The first kappa shape index (κ1) is 14.9. The van der Waals surface area contributed by atoms with Crippen LogP contribution in [0.15, 0.2) is 0 Å². The van der Waals surface area contributed by atoms with Crippen molar-refractivity contribution < 1.29 is 15.0 Å². The molecule has 1 atom stereocenters. The minimum atomic E-state index is -0.542. The Kier molecular flexibility index (Phi) is 9.17. The fourth-order valence-electron chi connectivity index (χ4n) is 0.211. The number of amides is 1. The number of rotatable bonds is 3. The molecule has 0 saturated carbocycles. The number of aliphatic hydroxyl groups excluding tert-OH is 2. The van der Waals surface area contributed by atoms with E-state index < -0.39 is 6.10 Å². The number of carbonyl (C=O) groups is 1. The van der Waals surface area contributed by atoms with Gasteiger partial charge in [-0.2, -0.15) is 0 Å². The van der Waals surface area contributed by atoms with Crippen LogP contribution < -0.4 is 5.73 Å². The Morgan fingerprint density at radius 1 is 1.31 bits per heavy atom. The Balaban J connectivity index is 0. The van der Waals surface area contributed by atoms with Crippen molar-refractivity contribution in [3.8, 4) is 0 Å². The molecule has 0 fully saturated rings. The monoisotopic (exact) mass is 191 g/mol. The molecule has 0 aromatic heterocycles. The largest absolute Gasteiger partial charge is 0.394 e. The van der Waals surface area contributed by atoms with Gasteiger partial charge >= 0.3 is 0 Å². The second-order valence-electron chi connectivity index (χ2n) is 3.55. The first-order valence-corrected chi connectivity index (χ1v) is 4.41. The lowest BCUT2D eigenvalue weighted by atomic mass is 10.1. The van der Waals surface area contributed by atoms with Crippen LogP contribution in [-0.2, 0) is 4.79 Å². The van der Waals surface area contributed by atoms with Gasteiger partial charge in [0, 0.05) is 5.92 Å². The van der Waals surface area contributed by atoms with E-state index in [2.05, 4.69) is 0 Å². The molecule has 0 spiro atoms. The predicted molar refractivity (Wildman–Crippen MR) is 52.0 cm³/mol. The smallest absolute Gasteiger partial charge is 0.219 e. The Morgan fingerprint density at radius 3 is 1.62 bits per heavy atom. The predicted octanol–water partition coefficient (Wildman–Crippen LogP) is 0.123. The molecule has 4 N–H and O–H groups in total. The summed E-state index contributed by atoms with van der Waals surface area (Å²) in [6.45, 7) is 7.13. The highest BCUT2D eigenvalue weighted by Crippen LogP contribution is 1.97. The molecule has 0 radical (unpaired) electrons. The fraction of sp³-hybridized carbons (Fsp3) is 0.889. The van der Waals surface area contributed by atoms with Crippen molar-refractivity contribution in [2.24, 2.45) is 17.6 Å². The van der Waals surface area contributed by atoms with E-state index in [-0.39, 0.29) is 24.3 Å². The van der Waals surface area contributed by atoms with Crippen LogP contribution in [0.5, 0.6) is 0 Å². The van der Waals surface area contributed by atoms with Crippen LogP contribution in [0.2, 0.25) is 0 Å². The van der Waals surface area contributed by atoms with Crippen LogP contribution in [0.3, 0.4) is 0 Å². The molecular formula is C9H21NO3. The molecule has 1 amide bonds. The molecule has 0 aliphatic heterocycles. The van der Waals surface area contributed by atoms with Crippen molar-refractivity contribution in [2.75, 3.05) is 6.61 Å². The number of carbonyl (C=O) groups excluding carboxylic acids is 1. The normalized spacial score (nSPS) is 12.3. The summed E-state index contributed by atoms with van der Waals surface area (Å²) >= 11 is 0. The Labute approximate surface area is 79.8 Å². The van der Waals surface area contributed by atoms with Gasteiger partial charge in [0.05, 0.1) is 12.7 Å². The highest BCUT2D eigenvalue weighted by Gasteiger charge is 2.04. The van der Waals surface area contributed by atoms with E-state index in [9.17, 15) is 4.79 Å². The maximum atomic E-state index is 9.92. The molecule has 0 aromatic carbocycles. The molecule has 4 nitrogen and oxygen atoms in total. The maximum Gasteiger partial charge on any atom is 0.219 e. The van der Waals surface area contributed by atoms with Gasteiger partial charge in [-0.05, 0) is 5.92 Å². The molecule has 80 valence electrons. The average molecular weight is 191 g/mol. The number of primary amides is 1. The van der Waals surface area contributed by atoms with E-state index in [0.29, 0.717) is 0 Å². The minimum Gasteiger partial charge on any atom is -0.394 e. The molecule has 0 bridgehead atoms. The standard InChI is InChI=1S/C5H12O2.C4H9NO/c1-4(2)5(7)3-6;1-3(2)4(5)6/h4-7H,3H2,1-2H3;3H,1-2H3,(H2,5,6). The van der Waals surface area contributed by atoms with Crippen LogP contribution in [0.1, 0.15) is 27.7 Å². The average Bonchev–Trinajstić information content (AvgIpc) is 2.03.